The lowest BCUT2D eigenvalue weighted by molar-refractivity contribution is -0.135. The molecule has 6 nitrogen and oxygen atoms in total. The number of aliphatic imine (C=N–C) groups is 1. The third-order valence-electron chi connectivity index (χ3n) is 7.17. The number of hydrogen-bond donors (Lipinski definition) is 0. The Morgan fingerprint density at radius 1 is 1.12 bits per heavy atom. The first-order valence-corrected chi connectivity index (χ1v) is 12.1. The molecule has 2 aromatic rings. The number of nitrogens with zero attached hydrogens (tertiary/aromatic N) is 3. The summed E-state index contributed by atoms with van der Waals surface area (Å²) >= 11 is 0. The van der Waals surface area contributed by atoms with E-state index in [4.69, 9.17) is 14.5 Å². The Balaban J connectivity index is 1.42. The van der Waals surface area contributed by atoms with Crippen LogP contribution in [0, 0.1) is 12.8 Å². The summed E-state index contributed by atoms with van der Waals surface area (Å²) in [4.78, 5) is 22.5. The zero-order valence-corrected chi connectivity index (χ0v) is 19.8. The molecule has 1 amide bonds. The molecule has 33 heavy (non-hydrogen) atoms. The van der Waals surface area contributed by atoms with Gasteiger partial charge in [-0.15, -0.1) is 0 Å². The lowest BCUT2D eigenvalue weighted by atomic mass is 10.0. The van der Waals surface area contributed by atoms with Crippen LogP contribution >= 0.6 is 0 Å². The summed E-state index contributed by atoms with van der Waals surface area (Å²) in [5.41, 5.74) is 2.87. The Bertz CT molecular complexity index is 1070. The fraction of sp³-hybridized carbons (Fsp3) is 0.481. The number of amidine groups is 1. The summed E-state index contributed by atoms with van der Waals surface area (Å²) in [5.74, 6) is 4.06. The minimum Gasteiger partial charge on any atom is -0.497 e. The number of amides is 1. The van der Waals surface area contributed by atoms with Crippen LogP contribution in [0.5, 0.6) is 17.2 Å². The fourth-order valence-corrected chi connectivity index (χ4v) is 5.33. The predicted molar refractivity (Wildman–Crippen MR) is 130 cm³/mol. The molecule has 0 radical (unpaired) electrons. The minimum atomic E-state index is 0.131. The van der Waals surface area contributed by atoms with Crippen LogP contribution in [-0.4, -0.2) is 54.3 Å². The molecule has 2 fully saturated rings. The number of fused-ring (bicyclic) bond motifs is 2. The third kappa shape index (κ3) is 4.43. The van der Waals surface area contributed by atoms with Crippen LogP contribution in [0.15, 0.2) is 41.4 Å². The van der Waals surface area contributed by atoms with Gasteiger partial charge in [-0.25, -0.2) is 4.99 Å². The van der Waals surface area contributed by atoms with Crippen molar-refractivity contribution in [2.45, 2.75) is 52.0 Å². The molecule has 1 saturated heterocycles. The molecule has 1 saturated carbocycles. The number of aryl methyl sites for hydroxylation is 1. The zero-order valence-electron chi connectivity index (χ0n) is 19.8. The van der Waals surface area contributed by atoms with Gasteiger partial charge in [0, 0.05) is 32.1 Å². The van der Waals surface area contributed by atoms with Crippen LogP contribution < -0.4 is 9.47 Å². The highest BCUT2D eigenvalue weighted by Crippen LogP contribution is 2.40. The maximum Gasteiger partial charge on any atom is 0.223 e. The van der Waals surface area contributed by atoms with Crippen molar-refractivity contribution in [2.24, 2.45) is 10.9 Å². The molecule has 0 N–H and O–H groups in total. The van der Waals surface area contributed by atoms with E-state index in [1.807, 2.05) is 30.3 Å². The smallest absolute Gasteiger partial charge is 0.223 e. The Morgan fingerprint density at radius 3 is 2.70 bits per heavy atom. The second-order valence-corrected chi connectivity index (χ2v) is 9.61. The van der Waals surface area contributed by atoms with Crippen LogP contribution in [0.1, 0.15) is 50.2 Å². The number of hydrogen-bond acceptors (Lipinski definition) is 5. The predicted octanol–water partition coefficient (Wildman–Crippen LogP) is 5.30. The summed E-state index contributed by atoms with van der Waals surface area (Å²) in [6.07, 6.45) is 5.65. The van der Waals surface area contributed by atoms with Crippen molar-refractivity contribution in [3.8, 4) is 17.2 Å². The molecule has 2 heterocycles. The van der Waals surface area contributed by atoms with Gasteiger partial charge in [-0.05, 0) is 68.5 Å². The van der Waals surface area contributed by atoms with Crippen LogP contribution in [0.3, 0.4) is 0 Å². The second kappa shape index (κ2) is 9.08. The number of benzene rings is 2. The average molecular weight is 448 g/mol. The Morgan fingerprint density at radius 2 is 1.94 bits per heavy atom. The maximum absolute atomic E-state index is 13.0. The Labute approximate surface area is 196 Å². The van der Waals surface area contributed by atoms with Gasteiger partial charge in [-0.2, -0.15) is 0 Å². The van der Waals surface area contributed by atoms with Gasteiger partial charge < -0.3 is 19.3 Å². The molecule has 1 atom stereocenters. The van der Waals surface area contributed by atoms with Crippen LogP contribution in [0.2, 0.25) is 0 Å². The first-order valence-electron chi connectivity index (χ1n) is 12.1. The van der Waals surface area contributed by atoms with Gasteiger partial charge in [0.05, 0.1) is 12.7 Å². The Kier molecular flexibility index (Phi) is 6.00. The van der Waals surface area contributed by atoms with Gasteiger partial charge in [-0.3, -0.25) is 4.79 Å². The number of carbonyl (C=O) groups excluding carboxylic acids is 1. The molecule has 0 unspecified atom stereocenters. The molecule has 2 aromatic carbocycles. The third-order valence-corrected chi connectivity index (χ3v) is 7.17. The van der Waals surface area contributed by atoms with E-state index in [9.17, 15) is 4.79 Å². The van der Waals surface area contributed by atoms with E-state index in [1.165, 1.54) is 25.7 Å². The fourth-order valence-electron chi connectivity index (χ4n) is 5.33. The monoisotopic (exact) mass is 447 g/mol. The molecule has 174 valence electrons. The molecular weight excluding hydrogens is 414 g/mol. The summed E-state index contributed by atoms with van der Waals surface area (Å²) in [7, 11) is 1.67. The van der Waals surface area contributed by atoms with Crippen molar-refractivity contribution in [1.82, 2.24) is 9.80 Å². The summed E-state index contributed by atoms with van der Waals surface area (Å²) < 4.78 is 11.8. The van der Waals surface area contributed by atoms with E-state index in [2.05, 4.69) is 29.7 Å². The van der Waals surface area contributed by atoms with Gasteiger partial charge in [0.15, 0.2) is 5.75 Å². The van der Waals surface area contributed by atoms with Crippen LogP contribution in [-0.2, 0) is 4.79 Å². The zero-order chi connectivity index (χ0) is 22.9. The molecule has 2 aliphatic heterocycles. The summed E-state index contributed by atoms with van der Waals surface area (Å²) in [5, 5.41) is 0. The van der Waals surface area contributed by atoms with Crippen molar-refractivity contribution >= 4 is 17.4 Å². The first kappa shape index (κ1) is 21.8. The summed E-state index contributed by atoms with van der Waals surface area (Å²) in [6.45, 7) is 6.41. The van der Waals surface area contributed by atoms with Crippen LogP contribution in [0.25, 0.3) is 0 Å². The average Bonchev–Trinajstić information content (AvgIpc) is 3.26. The van der Waals surface area contributed by atoms with Crippen molar-refractivity contribution < 1.29 is 14.3 Å². The molecule has 3 aliphatic rings. The first-order chi connectivity index (χ1) is 16.0. The van der Waals surface area contributed by atoms with Crippen molar-refractivity contribution in [1.29, 1.82) is 0 Å². The highest BCUT2D eigenvalue weighted by molar-refractivity contribution is 6.04. The molecule has 6 heteroatoms. The van der Waals surface area contributed by atoms with Gasteiger partial charge >= 0.3 is 0 Å². The second-order valence-electron chi connectivity index (χ2n) is 9.61. The van der Waals surface area contributed by atoms with E-state index in [1.54, 1.807) is 7.11 Å². The number of carbonyl (C=O) groups is 1. The van der Waals surface area contributed by atoms with E-state index < -0.39 is 0 Å². The highest BCUT2D eigenvalue weighted by Gasteiger charge is 2.33. The molecule has 5 rings (SSSR count). The largest absolute Gasteiger partial charge is 0.497 e. The standard InChI is InChI=1S/C27H33N3O3/c1-18-8-10-23-25(14-18)33-24-11-9-21(32-3)16-22(24)27(28-23)29-12-13-30(19(2)17-29)26(31)15-20-6-4-5-7-20/h8-11,14,16,19-20H,4-7,12-13,15,17H2,1-3H3/t19-/m1/s1. The number of ether oxygens (including phenoxy) is 2. The normalized spacial score (nSPS) is 20.5. The van der Waals surface area contributed by atoms with E-state index in [0.29, 0.717) is 24.8 Å². The number of piperazine rings is 1. The molecular formula is C27H33N3O3. The van der Waals surface area contributed by atoms with Gasteiger partial charge in [-0.1, -0.05) is 18.9 Å². The van der Waals surface area contributed by atoms with Crippen LogP contribution in [0.4, 0.5) is 5.69 Å². The molecule has 1 aliphatic carbocycles. The topological polar surface area (TPSA) is 54.4 Å². The molecule has 0 aromatic heterocycles. The maximum atomic E-state index is 13.0. The SMILES string of the molecule is COc1ccc2c(c1)C(N1CCN(C(=O)CC3CCCC3)[C@H](C)C1)=Nc1ccc(C)cc1O2. The minimum absolute atomic E-state index is 0.131. The van der Waals surface area contributed by atoms with E-state index >= 15 is 0 Å². The van der Waals surface area contributed by atoms with Crippen molar-refractivity contribution in [2.75, 3.05) is 26.7 Å². The number of rotatable bonds is 3. The van der Waals surface area contributed by atoms with Crippen molar-refractivity contribution in [3.05, 3.63) is 47.5 Å². The van der Waals surface area contributed by atoms with Gasteiger partial charge in [0.2, 0.25) is 5.91 Å². The van der Waals surface area contributed by atoms with Crippen molar-refractivity contribution in [3.63, 3.8) is 0 Å². The van der Waals surface area contributed by atoms with Gasteiger partial charge in [0.1, 0.15) is 23.0 Å². The molecule has 0 bridgehead atoms. The lowest BCUT2D eigenvalue weighted by Crippen LogP contribution is -2.55. The Hall–Kier alpha value is -3.02. The lowest BCUT2D eigenvalue weighted by Gasteiger charge is -2.41. The van der Waals surface area contributed by atoms with E-state index in [-0.39, 0.29) is 6.04 Å². The van der Waals surface area contributed by atoms with E-state index in [0.717, 1.165) is 53.0 Å². The van der Waals surface area contributed by atoms with Gasteiger partial charge in [0.25, 0.3) is 0 Å². The molecule has 0 spiro atoms. The summed E-state index contributed by atoms with van der Waals surface area (Å²) in [6, 6.07) is 12.1. The highest BCUT2D eigenvalue weighted by atomic mass is 16.5. The quantitative estimate of drug-likeness (QED) is 0.641. The number of methoxy groups -OCH3 is 1.